The van der Waals surface area contributed by atoms with Crippen LogP contribution in [-0.2, 0) is 11.2 Å². The zero-order chi connectivity index (χ0) is 20.2. The summed E-state index contributed by atoms with van der Waals surface area (Å²) in [6.07, 6.45) is 0.0620. The molecule has 1 amide bonds. The molecular formula is C24H21NO4. The number of nitrogens with one attached hydrogen (secondary N) is 1. The van der Waals surface area contributed by atoms with E-state index in [1.807, 2.05) is 30.3 Å². The van der Waals surface area contributed by atoms with Gasteiger partial charge in [-0.25, -0.2) is 9.59 Å². The fourth-order valence-electron chi connectivity index (χ4n) is 3.82. The maximum atomic E-state index is 12.2. The van der Waals surface area contributed by atoms with Gasteiger partial charge in [-0.05, 0) is 46.4 Å². The summed E-state index contributed by atoms with van der Waals surface area (Å²) in [7, 11) is 0. The van der Waals surface area contributed by atoms with E-state index in [1.165, 1.54) is 22.3 Å². The number of amides is 1. The van der Waals surface area contributed by atoms with Crippen LogP contribution < -0.4 is 5.32 Å². The third kappa shape index (κ3) is 3.99. The molecule has 3 aromatic carbocycles. The lowest BCUT2D eigenvalue weighted by Gasteiger charge is -2.14. The van der Waals surface area contributed by atoms with E-state index in [-0.39, 0.29) is 18.1 Å². The Morgan fingerprint density at radius 2 is 1.55 bits per heavy atom. The van der Waals surface area contributed by atoms with E-state index in [0.29, 0.717) is 13.0 Å². The smallest absolute Gasteiger partial charge is 0.407 e. The molecule has 5 heteroatoms. The van der Waals surface area contributed by atoms with Crippen molar-refractivity contribution in [2.75, 3.05) is 13.2 Å². The van der Waals surface area contributed by atoms with E-state index in [9.17, 15) is 9.59 Å². The molecule has 5 nitrogen and oxygen atoms in total. The summed E-state index contributed by atoms with van der Waals surface area (Å²) in [4.78, 5) is 23.2. The first kappa shape index (κ1) is 18.7. The van der Waals surface area contributed by atoms with Crippen molar-refractivity contribution in [1.29, 1.82) is 0 Å². The normalized spacial score (nSPS) is 12.1. The summed E-state index contributed by atoms with van der Waals surface area (Å²) < 4.78 is 5.50. The Labute approximate surface area is 169 Å². The van der Waals surface area contributed by atoms with Gasteiger partial charge >= 0.3 is 12.1 Å². The molecule has 29 heavy (non-hydrogen) atoms. The highest BCUT2D eigenvalue weighted by Crippen LogP contribution is 2.44. The number of carboxylic acid groups (broad SMARTS) is 1. The van der Waals surface area contributed by atoms with Crippen molar-refractivity contribution in [3.05, 3.63) is 95.1 Å². The lowest BCUT2D eigenvalue weighted by atomic mass is 9.98. The predicted octanol–water partition coefficient (Wildman–Crippen LogP) is 4.47. The number of carbonyl (C=O) groups excluding carboxylic acids is 1. The van der Waals surface area contributed by atoms with Crippen molar-refractivity contribution in [3.63, 3.8) is 0 Å². The SMILES string of the molecule is O=C(NCCc1cccc(C(=O)O)c1)OCC1c2ccccc2-c2ccccc21. The topological polar surface area (TPSA) is 75.6 Å². The average Bonchev–Trinajstić information content (AvgIpc) is 3.06. The monoisotopic (exact) mass is 387 g/mol. The summed E-state index contributed by atoms with van der Waals surface area (Å²) in [5.74, 6) is -0.934. The molecule has 0 aromatic heterocycles. The second kappa shape index (κ2) is 8.19. The lowest BCUT2D eigenvalue weighted by molar-refractivity contribution is 0.0696. The van der Waals surface area contributed by atoms with Gasteiger partial charge in [0.05, 0.1) is 5.56 Å². The zero-order valence-corrected chi connectivity index (χ0v) is 15.8. The van der Waals surface area contributed by atoms with Gasteiger partial charge in [-0.2, -0.15) is 0 Å². The first-order chi connectivity index (χ1) is 14.1. The molecule has 0 bridgehead atoms. The van der Waals surface area contributed by atoms with Crippen LogP contribution in [-0.4, -0.2) is 30.3 Å². The summed E-state index contributed by atoms with van der Waals surface area (Å²) >= 11 is 0. The molecule has 0 atom stereocenters. The van der Waals surface area contributed by atoms with Crippen molar-refractivity contribution in [1.82, 2.24) is 5.32 Å². The molecule has 0 fully saturated rings. The summed E-state index contributed by atoms with van der Waals surface area (Å²) in [5, 5.41) is 11.8. The number of hydrogen-bond donors (Lipinski definition) is 2. The lowest BCUT2D eigenvalue weighted by Crippen LogP contribution is -2.28. The van der Waals surface area contributed by atoms with E-state index in [2.05, 4.69) is 29.6 Å². The summed E-state index contributed by atoms with van der Waals surface area (Å²) in [6.45, 7) is 0.647. The number of fused-ring (bicyclic) bond motifs is 3. The fourth-order valence-corrected chi connectivity index (χ4v) is 3.82. The molecule has 146 valence electrons. The third-order valence-corrected chi connectivity index (χ3v) is 5.20. The van der Waals surface area contributed by atoms with E-state index in [4.69, 9.17) is 9.84 Å². The van der Waals surface area contributed by atoms with Crippen molar-refractivity contribution in [2.24, 2.45) is 0 Å². The van der Waals surface area contributed by atoms with Crippen molar-refractivity contribution in [2.45, 2.75) is 12.3 Å². The number of carboxylic acids is 1. The fraction of sp³-hybridized carbons (Fsp3) is 0.167. The average molecular weight is 387 g/mol. The van der Waals surface area contributed by atoms with Gasteiger partial charge in [0.25, 0.3) is 0 Å². The van der Waals surface area contributed by atoms with Crippen molar-refractivity contribution >= 4 is 12.1 Å². The van der Waals surface area contributed by atoms with Crippen LogP contribution in [0.4, 0.5) is 4.79 Å². The molecule has 1 aliphatic carbocycles. The molecule has 0 spiro atoms. The number of aromatic carboxylic acids is 1. The quantitative estimate of drug-likeness (QED) is 0.655. The third-order valence-electron chi connectivity index (χ3n) is 5.20. The highest BCUT2D eigenvalue weighted by Gasteiger charge is 2.28. The number of rotatable bonds is 6. The molecule has 0 radical (unpaired) electrons. The number of alkyl carbamates (subject to hydrolysis) is 1. The Kier molecular flexibility index (Phi) is 5.29. The van der Waals surface area contributed by atoms with Crippen LogP contribution >= 0.6 is 0 Å². The number of benzene rings is 3. The molecule has 0 saturated carbocycles. The van der Waals surface area contributed by atoms with Gasteiger partial charge in [0.15, 0.2) is 0 Å². The first-order valence-electron chi connectivity index (χ1n) is 9.54. The minimum Gasteiger partial charge on any atom is -0.478 e. The zero-order valence-electron chi connectivity index (χ0n) is 15.8. The van der Waals surface area contributed by atoms with Crippen LogP contribution in [0.3, 0.4) is 0 Å². The predicted molar refractivity (Wildman–Crippen MR) is 110 cm³/mol. The van der Waals surface area contributed by atoms with Gasteiger partial charge in [-0.1, -0.05) is 60.7 Å². The van der Waals surface area contributed by atoms with Crippen LogP contribution in [0.1, 0.15) is 33.0 Å². The Morgan fingerprint density at radius 1 is 0.897 bits per heavy atom. The minimum atomic E-state index is -0.962. The van der Waals surface area contributed by atoms with E-state index < -0.39 is 12.1 Å². The number of hydrogen-bond acceptors (Lipinski definition) is 3. The van der Waals surface area contributed by atoms with Crippen molar-refractivity contribution < 1.29 is 19.4 Å². The second-order valence-electron chi connectivity index (χ2n) is 7.01. The highest BCUT2D eigenvalue weighted by molar-refractivity contribution is 5.87. The van der Waals surface area contributed by atoms with Crippen LogP contribution in [0.2, 0.25) is 0 Å². The second-order valence-corrected chi connectivity index (χ2v) is 7.01. The largest absolute Gasteiger partial charge is 0.478 e. The molecule has 2 N–H and O–H groups in total. The molecular weight excluding hydrogens is 366 g/mol. The van der Waals surface area contributed by atoms with Gasteiger partial charge in [0.1, 0.15) is 6.61 Å². The standard InChI is InChI=1S/C24H21NO4/c26-23(27)17-7-5-6-16(14-17)12-13-25-24(28)29-15-22-20-10-3-1-8-18(20)19-9-2-4-11-21(19)22/h1-11,14,22H,12-13,15H2,(H,25,28)(H,26,27). The maximum Gasteiger partial charge on any atom is 0.407 e. The van der Waals surface area contributed by atoms with E-state index in [1.54, 1.807) is 18.2 Å². The summed E-state index contributed by atoms with van der Waals surface area (Å²) in [5.41, 5.74) is 5.82. The minimum absolute atomic E-state index is 0.0281. The van der Waals surface area contributed by atoms with Gasteiger partial charge < -0.3 is 15.2 Å². The van der Waals surface area contributed by atoms with Gasteiger partial charge in [-0.15, -0.1) is 0 Å². The maximum absolute atomic E-state index is 12.2. The number of carbonyl (C=O) groups is 2. The van der Waals surface area contributed by atoms with E-state index in [0.717, 1.165) is 5.56 Å². The Morgan fingerprint density at radius 3 is 2.21 bits per heavy atom. The van der Waals surface area contributed by atoms with Crippen molar-refractivity contribution in [3.8, 4) is 11.1 Å². The molecule has 0 unspecified atom stereocenters. The molecule has 4 rings (SSSR count). The molecule has 3 aromatic rings. The van der Waals surface area contributed by atoms with Crippen LogP contribution in [0.25, 0.3) is 11.1 Å². The summed E-state index contributed by atoms with van der Waals surface area (Å²) in [6, 6.07) is 23.1. The van der Waals surface area contributed by atoms with E-state index >= 15 is 0 Å². The molecule has 0 aliphatic heterocycles. The molecule has 1 aliphatic rings. The Bertz CT molecular complexity index is 1010. The highest BCUT2D eigenvalue weighted by atomic mass is 16.5. The van der Waals surface area contributed by atoms with Gasteiger partial charge in [0.2, 0.25) is 0 Å². The Hall–Kier alpha value is -3.60. The van der Waals surface area contributed by atoms with Gasteiger partial charge in [0, 0.05) is 12.5 Å². The number of ether oxygens (including phenoxy) is 1. The molecule has 0 heterocycles. The first-order valence-corrected chi connectivity index (χ1v) is 9.54. The Balaban J connectivity index is 1.33. The van der Waals surface area contributed by atoms with Crippen LogP contribution in [0.15, 0.2) is 72.8 Å². The van der Waals surface area contributed by atoms with Crippen LogP contribution in [0.5, 0.6) is 0 Å². The van der Waals surface area contributed by atoms with Crippen LogP contribution in [0, 0.1) is 0 Å². The molecule has 0 saturated heterocycles. The van der Waals surface area contributed by atoms with Gasteiger partial charge in [-0.3, -0.25) is 0 Å².